The molecule has 0 amide bonds. The lowest BCUT2D eigenvalue weighted by atomic mass is 9.90. The van der Waals surface area contributed by atoms with Gasteiger partial charge in [-0.05, 0) is 30.5 Å². The molecule has 1 aromatic rings. The molecule has 0 saturated carbocycles. The highest BCUT2D eigenvalue weighted by Gasteiger charge is 2.36. The number of carbonyl (C=O) groups excluding carboxylic acids is 1. The predicted molar refractivity (Wildman–Crippen MR) is 68.1 cm³/mol. The molecule has 2 rings (SSSR count). The molecule has 0 spiro atoms. The van der Waals surface area contributed by atoms with Crippen LogP contribution in [0.4, 0.5) is 4.39 Å². The lowest BCUT2D eigenvalue weighted by Crippen LogP contribution is -2.26. The molecule has 4 heteroatoms. The van der Waals surface area contributed by atoms with Gasteiger partial charge < -0.3 is 4.74 Å². The summed E-state index contributed by atoms with van der Waals surface area (Å²) >= 11 is 6.18. The fourth-order valence-corrected chi connectivity index (χ4v) is 2.67. The topological polar surface area (TPSA) is 26.3 Å². The van der Waals surface area contributed by atoms with Gasteiger partial charge in [-0.1, -0.05) is 19.1 Å². The van der Waals surface area contributed by atoms with Crippen molar-refractivity contribution >= 4 is 17.4 Å². The number of hydrogen-bond acceptors (Lipinski definition) is 2. The molecule has 1 saturated heterocycles. The van der Waals surface area contributed by atoms with Crippen molar-refractivity contribution in [2.24, 2.45) is 5.92 Å². The first-order chi connectivity index (χ1) is 8.63. The highest BCUT2D eigenvalue weighted by molar-refractivity contribution is 6.31. The molecule has 0 aromatic heterocycles. The van der Waals surface area contributed by atoms with Gasteiger partial charge in [-0.2, -0.15) is 0 Å². The average molecular weight is 271 g/mol. The van der Waals surface area contributed by atoms with E-state index in [9.17, 15) is 9.18 Å². The minimum absolute atomic E-state index is 0.0207. The summed E-state index contributed by atoms with van der Waals surface area (Å²) in [6.07, 6.45) is 1.50. The summed E-state index contributed by atoms with van der Waals surface area (Å²) in [7, 11) is 0. The van der Waals surface area contributed by atoms with E-state index in [-0.39, 0.29) is 23.6 Å². The van der Waals surface area contributed by atoms with Gasteiger partial charge in [0.2, 0.25) is 0 Å². The van der Waals surface area contributed by atoms with Crippen molar-refractivity contribution in [2.75, 3.05) is 6.61 Å². The highest BCUT2D eigenvalue weighted by atomic mass is 35.5. The normalized spacial score (nSPS) is 25.1. The van der Waals surface area contributed by atoms with Gasteiger partial charge in [0, 0.05) is 12.5 Å². The summed E-state index contributed by atoms with van der Waals surface area (Å²) in [5.41, 5.74) is 0.643. The molecule has 98 valence electrons. The SMILES string of the molecule is CCC1OCCC1C(=O)C(Cl)c1ccc(F)cc1. The van der Waals surface area contributed by atoms with E-state index in [4.69, 9.17) is 16.3 Å². The fraction of sp³-hybridized carbons (Fsp3) is 0.500. The number of carbonyl (C=O) groups is 1. The van der Waals surface area contributed by atoms with Crippen LogP contribution in [0.15, 0.2) is 24.3 Å². The van der Waals surface area contributed by atoms with Crippen LogP contribution in [0.5, 0.6) is 0 Å². The first-order valence-corrected chi connectivity index (χ1v) is 6.62. The Morgan fingerprint density at radius 2 is 2.17 bits per heavy atom. The van der Waals surface area contributed by atoms with Gasteiger partial charge in [-0.15, -0.1) is 11.6 Å². The first-order valence-electron chi connectivity index (χ1n) is 6.18. The number of benzene rings is 1. The van der Waals surface area contributed by atoms with Crippen molar-refractivity contribution in [1.29, 1.82) is 0 Å². The second-order valence-corrected chi connectivity index (χ2v) is 4.97. The van der Waals surface area contributed by atoms with E-state index >= 15 is 0 Å². The zero-order valence-electron chi connectivity index (χ0n) is 10.2. The van der Waals surface area contributed by atoms with Crippen LogP contribution in [0, 0.1) is 11.7 Å². The number of halogens is 2. The van der Waals surface area contributed by atoms with Crippen molar-refractivity contribution in [3.05, 3.63) is 35.6 Å². The monoisotopic (exact) mass is 270 g/mol. The molecule has 1 aromatic carbocycles. The fourth-order valence-electron chi connectivity index (χ4n) is 2.36. The van der Waals surface area contributed by atoms with Gasteiger partial charge in [0.05, 0.1) is 6.10 Å². The van der Waals surface area contributed by atoms with Crippen molar-refractivity contribution < 1.29 is 13.9 Å². The maximum atomic E-state index is 12.8. The van der Waals surface area contributed by atoms with Crippen LogP contribution in [0.3, 0.4) is 0 Å². The van der Waals surface area contributed by atoms with E-state index in [2.05, 4.69) is 0 Å². The van der Waals surface area contributed by atoms with E-state index in [1.807, 2.05) is 6.92 Å². The predicted octanol–water partition coefficient (Wildman–Crippen LogP) is 3.49. The van der Waals surface area contributed by atoms with Crippen LogP contribution >= 0.6 is 11.6 Å². The van der Waals surface area contributed by atoms with Crippen LogP contribution in [0.2, 0.25) is 0 Å². The summed E-state index contributed by atoms with van der Waals surface area (Å²) < 4.78 is 18.3. The third-order valence-corrected chi connectivity index (χ3v) is 3.86. The first kappa shape index (κ1) is 13.5. The van der Waals surface area contributed by atoms with Gasteiger partial charge in [-0.25, -0.2) is 4.39 Å². The number of ether oxygens (including phenoxy) is 1. The third kappa shape index (κ3) is 2.73. The van der Waals surface area contributed by atoms with E-state index in [1.54, 1.807) is 12.1 Å². The largest absolute Gasteiger partial charge is 0.377 e. The Balaban J connectivity index is 2.11. The maximum absolute atomic E-state index is 12.8. The van der Waals surface area contributed by atoms with Gasteiger partial charge in [0.1, 0.15) is 11.2 Å². The quantitative estimate of drug-likeness (QED) is 0.783. The van der Waals surface area contributed by atoms with Crippen LogP contribution in [-0.4, -0.2) is 18.5 Å². The Morgan fingerprint density at radius 1 is 1.50 bits per heavy atom. The van der Waals surface area contributed by atoms with Crippen molar-refractivity contribution in [2.45, 2.75) is 31.2 Å². The minimum atomic E-state index is -0.716. The maximum Gasteiger partial charge on any atom is 0.160 e. The zero-order chi connectivity index (χ0) is 13.1. The molecule has 3 atom stereocenters. The summed E-state index contributed by atoms with van der Waals surface area (Å²) in [5.74, 6) is -0.485. The average Bonchev–Trinajstić information content (AvgIpc) is 2.86. The number of Topliss-reactive ketones (excluding diaryl/α,β-unsaturated/α-hetero) is 1. The minimum Gasteiger partial charge on any atom is -0.377 e. The smallest absolute Gasteiger partial charge is 0.160 e. The molecule has 0 bridgehead atoms. The van der Waals surface area contributed by atoms with Gasteiger partial charge >= 0.3 is 0 Å². The Labute approximate surface area is 111 Å². The van der Waals surface area contributed by atoms with Crippen molar-refractivity contribution in [3.8, 4) is 0 Å². The summed E-state index contributed by atoms with van der Waals surface area (Å²) in [5, 5.41) is -0.716. The molecule has 1 aliphatic rings. The Bertz CT molecular complexity index is 418. The van der Waals surface area contributed by atoms with Gasteiger partial charge in [0.25, 0.3) is 0 Å². The molecule has 3 unspecified atom stereocenters. The molecular formula is C14H16ClFO2. The molecule has 1 heterocycles. The second kappa shape index (κ2) is 5.81. The molecule has 18 heavy (non-hydrogen) atoms. The van der Waals surface area contributed by atoms with E-state index < -0.39 is 5.38 Å². The molecule has 1 fully saturated rings. The summed E-state index contributed by atoms with van der Waals surface area (Å²) in [4.78, 5) is 12.3. The third-order valence-electron chi connectivity index (χ3n) is 3.39. The number of alkyl halides is 1. The Hall–Kier alpha value is -0.930. The van der Waals surface area contributed by atoms with Crippen LogP contribution in [0.1, 0.15) is 30.7 Å². The molecule has 2 nitrogen and oxygen atoms in total. The highest BCUT2D eigenvalue weighted by Crippen LogP contribution is 2.32. The molecule has 1 aliphatic heterocycles. The zero-order valence-corrected chi connectivity index (χ0v) is 11.0. The standard InChI is InChI=1S/C14H16ClFO2/c1-2-12-11(7-8-18-12)14(17)13(15)9-3-5-10(16)6-4-9/h3-6,11-13H,2,7-8H2,1H3. The number of rotatable bonds is 4. The molecular weight excluding hydrogens is 255 g/mol. The van der Waals surface area contributed by atoms with Crippen LogP contribution in [-0.2, 0) is 9.53 Å². The number of ketones is 1. The van der Waals surface area contributed by atoms with E-state index in [0.717, 1.165) is 12.8 Å². The Morgan fingerprint density at radius 3 is 2.78 bits per heavy atom. The van der Waals surface area contributed by atoms with Gasteiger partial charge in [0.15, 0.2) is 5.78 Å². The lowest BCUT2D eigenvalue weighted by molar-refractivity contribution is -0.124. The summed E-state index contributed by atoms with van der Waals surface area (Å²) in [6, 6.07) is 5.75. The number of hydrogen-bond donors (Lipinski definition) is 0. The van der Waals surface area contributed by atoms with Crippen molar-refractivity contribution in [1.82, 2.24) is 0 Å². The second-order valence-electron chi connectivity index (χ2n) is 4.53. The Kier molecular flexibility index (Phi) is 4.36. The molecule has 0 radical (unpaired) electrons. The summed E-state index contributed by atoms with van der Waals surface area (Å²) in [6.45, 7) is 2.61. The van der Waals surface area contributed by atoms with E-state index in [1.165, 1.54) is 12.1 Å². The van der Waals surface area contributed by atoms with Crippen LogP contribution in [0.25, 0.3) is 0 Å². The van der Waals surface area contributed by atoms with Crippen molar-refractivity contribution in [3.63, 3.8) is 0 Å². The molecule has 0 N–H and O–H groups in total. The molecule has 0 aliphatic carbocycles. The van der Waals surface area contributed by atoms with Gasteiger partial charge in [-0.3, -0.25) is 4.79 Å². The lowest BCUT2D eigenvalue weighted by Gasteiger charge is -2.18. The van der Waals surface area contributed by atoms with E-state index in [0.29, 0.717) is 12.2 Å². The van der Waals surface area contributed by atoms with Crippen LogP contribution < -0.4 is 0 Å².